The van der Waals surface area contributed by atoms with Crippen molar-refractivity contribution in [3.63, 3.8) is 0 Å². The van der Waals surface area contributed by atoms with E-state index >= 15 is 0 Å². The van der Waals surface area contributed by atoms with Crippen molar-refractivity contribution < 1.29 is 9.90 Å². The third kappa shape index (κ3) is 4.47. The molecular weight excluding hydrogens is 254 g/mol. The van der Waals surface area contributed by atoms with Crippen LogP contribution in [0.15, 0.2) is 6.20 Å². The molecule has 0 fully saturated rings. The van der Waals surface area contributed by atoms with Gasteiger partial charge in [0.1, 0.15) is 5.82 Å². The highest BCUT2D eigenvalue weighted by Gasteiger charge is 2.17. The summed E-state index contributed by atoms with van der Waals surface area (Å²) in [5.41, 5.74) is 0.553. The van der Waals surface area contributed by atoms with Crippen LogP contribution < -0.4 is 5.32 Å². The Balaban J connectivity index is 2.91. The Morgan fingerprint density at radius 3 is 2.50 bits per heavy atom. The first-order valence-electron chi connectivity index (χ1n) is 7.21. The molecule has 1 aromatic rings. The van der Waals surface area contributed by atoms with E-state index in [1.165, 1.54) is 0 Å². The summed E-state index contributed by atoms with van der Waals surface area (Å²) in [7, 11) is 0. The van der Waals surface area contributed by atoms with Crippen LogP contribution in [0.2, 0.25) is 0 Å². The van der Waals surface area contributed by atoms with E-state index in [1.807, 2.05) is 20.8 Å². The van der Waals surface area contributed by atoms with E-state index < -0.39 is 5.97 Å². The first kappa shape index (κ1) is 16.4. The molecular formula is C15H25N3O2. The van der Waals surface area contributed by atoms with E-state index in [0.29, 0.717) is 17.4 Å². The maximum atomic E-state index is 11.3. The average molecular weight is 279 g/mol. The third-order valence-electron chi connectivity index (χ3n) is 3.38. The lowest BCUT2D eigenvalue weighted by molar-refractivity contribution is 0.0691. The van der Waals surface area contributed by atoms with Gasteiger partial charge in [0, 0.05) is 12.0 Å². The zero-order chi connectivity index (χ0) is 15.3. The largest absolute Gasteiger partial charge is 0.476 e. The lowest BCUT2D eigenvalue weighted by Crippen LogP contribution is -2.21. The number of nitrogens with one attached hydrogen (secondary N) is 1. The van der Waals surface area contributed by atoms with Crippen LogP contribution in [-0.2, 0) is 0 Å². The SMILES string of the molecule is CCC(C)CC(C)Nc1cnc(C(C)C)nc1C(=O)O. The Morgan fingerprint density at radius 2 is 2.00 bits per heavy atom. The van der Waals surface area contributed by atoms with Crippen LogP contribution in [0, 0.1) is 5.92 Å². The smallest absolute Gasteiger partial charge is 0.356 e. The summed E-state index contributed by atoms with van der Waals surface area (Å²) in [6.07, 6.45) is 3.68. The van der Waals surface area contributed by atoms with Gasteiger partial charge in [-0.3, -0.25) is 0 Å². The monoisotopic (exact) mass is 279 g/mol. The Bertz CT molecular complexity index is 460. The average Bonchev–Trinajstić information content (AvgIpc) is 2.38. The van der Waals surface area contributed by atoms with Gasteiger partial charge in [-0.05, 0) is 19.3 Å². The normalized spacial score (nSPS) is 14.1. The zero-order valence-electron chi connectivity index (χ0n) is 13.0. The van der Waals surface area contributed by atoms with Gasteiger partial charge in [0.15, 0.2) is 5.69 Å². The van der Waals surface area contributed by atoms with Crippen molar-refractivity contribution in [2.75, 3.05) is 5.32 Å². The Labute approximate surface area is 120 Å². The van der Waals surface area contributed by atoms with Gasteiger partial charge in [-0.1, -0.05) is 34.1 Å². The van der Waals surface area contributed by atoms with E-state index in [0.717, 1.165) is 12.8 Å². The molecule has 5 nitrogen and oxygen atoms in total. The van der Waals surface area contributed by atoms with Crippen LogP contribution in [0.1, 0.15) is 69.7 Å². The molecule has 1 rings (SSSR count). The Morgan fingerprint density at radius 1 is 1.35 bits per heavy atom. The molecule has 0 bridgehead atoms. The van der Waals surface area contributed by atoms with Gasteiger partial charge in [0.05, 0.1) is 11.9 Å². The second kappa shape index (κ2) is 7.22. The van der Waals surface area contributed by atoms with E-state index in [2.05, 4.69) is 29.1 Å². The predicted molar refractivity (Wildman–Crippen MR) is 80.2 cm³/mol. The van der Waals surface area contributed by atoms with Gasteiger partial charge >= 0.3 is 5.97 Å². The van der Waals surface area contributed by atoms with Crippen molar-refractivity contribution in [2.45, 2.75) is 59.4 Å². The number of aromatic nitrogens is 2. The lowest BCUT2D eigenvalue weighted by Gasteiger charge is -2.19. The molecule has 0 aliphatic rings. The molecule has 0 aliphatic heterocycles. The molecule has 0 aliphatic carbocycles. The number of carbonyl (C=O) groups is 1. The lowest BCUT2D eigenvalue weighted by atomic mass is 10.0. The van der Waals surface area contributed by atoms with Crippen LogP contribution >= 0.6 is 0 Å². The summed E-state index contributed by atoms with van der Waals surface area (Å²) in [6.45, 7) is 10.3. The summed E-state index contributed by atoms with van der Waals surface area (Å²) in [6, 6.07) is 0.191. The quantitative estimate of drug-likeness (QED) is 0.798. The van der Waals surface area contributed by atoms with E-state index in [9.17, 15) is 9.90 Å². The van der Waals surface area contributed by atoms with E-state index in [4.69, 9.17) is 0 Å². The van der Waals surface area contributed by atoms with Crippen molar-refractivity contribution in [1.29, 1.82) is 0 Å². The summed E-state index contributed by atoms with van der Waals surface area (Å²) in [5, 5.41) is 12.5. The van der Waals surface area contributed by atoms with Crippen LogP contribution in [0.25, 0.3) is 0 Å². The Hall–Kier alpha value is -1.65. The van der Waals surface area contributed by atoms with Crippen LogP contribution in [-0.4, -0.2) is 27.1 Å². The van der Waals surface area contributed by atoms with Crippen molar-refractivity contribution in [3.05, 3.63) is 17.7 Å². The maximum absolute atomic E-state index is 11.3. The first-order chi connectivity index (χ1) is 9.35. The second-order valence-corrected chi connectivity index (χ2v) is 5.74. The minimum Gasteiger partial charge on any atom is -0.476 e. The van der Waals surface area contributed by atoms with E-state index in [1.54, 1.807) is 6.20 Å². The first-order valence-corrected chi connectivity index (χ1v) is 7.21. The number of rotatable bonds is 7. The van der Waals surface area contributed by atoms with Gasteiger partial charge in [0.2, 0.25) is 0 Å². The van der Waals surface area contributed by atoms with Gasteiger partial charge in [-0.25, -0.2) is 14.8 Å². The molecule has 0 amide bonds. The van der Waals surface area contributed by atoms with E-state index in [-0.39, 0.29) is 17.7 Å². The molecule has 0 saturated heterocycles. The summed E-state index contributed by atoms with van der Waals surface area (Å²) in [4.78, 5) is 19.7. The summed E-state index contributed by atoms with van der Waals surface area (Å²) >= 11 is 0. The van der Waals surface area contributed by atoms with Crippen LogP contribution in [0.4, 0.5) is 5.69 Å². The molecule has 2 N–H and O–H groups in total. The fourth-order valence-electron chi connectivity index (χ4n) is 2.04. The van der Waals surface area contributed by atoms with Crippen LogP contribution in [0.5, 0.6) is 0 Å². The van der Waals surface area contributed by atoms with Crippen LogP contribution in [0.3, 0.4) is 0 Å². The van der Waals surface area contributed by atoms with Crippen molar-refractivity contribution in [3.8, 4) is 0 Å². The van der Waals surface area contributed by atoms with Gasteiger partial charge in [0.25, 0.3) is 0 Å². The molecule has 2 unspecified atom stereocenters. The van der Waals surface area contributed by atoms with Crippen molar-refractivity contribution in [2.24, 2.45) is 5.92 Å². The molecule has 20 heavy (non-hydrogen) atoms. The molecule has 112 valence electrons. The number of nitrogens with zero attached hydrogens (tertiary/aromatic N) is 2. The minimum absolute atomic E-state index is 0.0553. The topological polar surface area (TPSA) is 75.1 Å². The summed E-state index contributed by atoms with van der Waals surface area (Å²) < 4.78 is 0. The molecule has 2 atom stereocenters. The molecule has 0 saturated carbocycles. The molecule has 1 heterocycles. The number of carboxylic acid groups (broad SMARTS) is 1. The minimum atomic E-state index is -1.02. The number of hydrogen-bond acceptors (Lipinski definition) is 4. The highest BCUT2D eigenvalue weighted by molar-refractivity contribution is 5.91. The van der Waals surface area contributed by atoms with Gasteiger partial charge < -0.3 is 10.4 Å². The molecule has 1 aromatic heterocycles. The van der Waals surface area contributed by atoms with Gasteiger partial charge in [-0.15, -0.1) is 0 Å². The highest BCUT2D eigenvalue weighted by Crippen LogP contribution is 2.19. The maximum Gasteiger partial charge on any atom is 0.356 e. The third-order valence-corrected chi connectivity index (χ3v) is 3.38. The molecule has 0 spiro atoms. The molecule has 5 heteroatoms. The van der Waals surface area contributed by atoms with Crippen molar-refractivity contribution in [1.82, 2.24) is 9.97 Å². The zero-order valence-corrected chi connectivity index (χ0v) is 13.0. The number of aromatic carboxylic acids is 1. The highest BCUT2D eigenvalue weighted by atomic mass is 16.4. The van der Waals surface area contributed by atoms with Crippen molar-refractivity contribution >= 4 is 11.7 Å². The fourth-order valence-corrected chi connectivity index (χ4v) is 2.04. The standard InChI is InChI=1S/C15H25N3O2/c1-6-10(4)7-11(5)17-12-8-16-14(9(2)3)18-13(12)15(19)20/h8-11,17H,6-7H2,1-5H3,(H,19,20). The number of hydrogen-bond donors (Lipinski definition) is 2. The fraction of sp³-hybridized carbons (Fsp3) is 0.667. The Kier molecular flexibility index (Phi) is 5.92. The van der Waals surface area contributed by atoms with Gasteiger partial charge in [-0.2, -0.15) is 0 Å². The molecule has 0 aromatic carbocycles. The predicted octanol–water partition coefficient (Wildman–Crippen LogP) is 3.53. The number of anilines is 1. The number of carboxylic acids is 1. The summed E-state index contributed by atoms with van der Waals surface area (Å²) in [5.74, 6) is 0.247. The second-order valence-electron chi connectivity index (χ2n) is 5.74. The molecule has 0 radical (unpaired) electrons.